The Balaban J connectivity index is 1.33. The molecule has 1 saturated heterocycles. The van der Waals surface area contributed by atoms with Crippen LogP contribution in [0.15, 0.2) is 66.7 Å². The Bertz CT molecular complexity index is 1920. The zero-order valence-corrected chi connectivity index (χ0v) is 37.5. The summed E-state index contributed by atoms with van der Waals surface area (Å²) in [4.78, 5) is 41.2. The number of hydrogen-bond donors (Lipinski definition) is 4. The molecule has 1 aliphatic heterocycles. The highest BCUT2D eigenvalue weighted by Gasteiger charge is 2.57. The number of rotatable bonds is 18. The minimum Gasteiger partial charge on any atom is -0.491 e. The highest BCUT2D eigenvalue weighted by molar-refractivity contribution is 5.97. The van der Waals surface area contributed by atoms with Crippen molar-refractivity contribution in [2.75, 3.05) is 73.5 Å². The van der Waals surface area contributed by atoms with E-state index in [1.165, 1.54) is 6.42 Å². The molecule has 3 aliphatic carbocycles. The van der Waals surface area contributed by atoms with Crippen molar-refractivity contribution in [1.82, 2.24) is 25.5 Å². The monoisotopic (exact) mass is 827 g/mol. The molecule has 3 saturated carbocycles. The van der Waals surface area contributed by atoms with Gasteiger partial charge >= 0.3 is 0 Å². The van der Waals surface area contributed by atoms with E-state index in [-0.39, 0.29) is 42.5 Å². The van der Waals surface area contributed by atoms with Crippen molar-refractivity contribution in [3.63, 3.8) is 0 Å². The fourth-order valence-electron chi connectivity index (χ4n) is 10.0. The van der Waals surface area contributed by atoms with Gasteiger partial charge in [-0.05, 0) is 107 Å². The van der Waals surface area contributed by atoms with Crippen molar-refractivity contribution in [3.05, 3.63) is 83.4 Å². The quantitative estimate of drug-likeness (QED) is 0.140. The summed E-state index contributed by atoms with van der Waals surface area (Å²) in [6.07, 6.45) is 1.14. The number of benzene rings is 3. The first-order valence-electron chi connectivity index (χ1n) is 21.7. The van der Waals surface area contributed by atoms with Gasteiger partial charge in [-0.1, -0.05) is 69.3 Å². The van der Waals surface area contributed by atoms with E-state index >= 15 is 0 Å². The van der Waals surface area contributed by atoms with Gasteiger partial charge in [-0.15, -0.1) is 0 Å². The van der Waals surface area contributed by atoms with Gasteiger partial charge in [0.1, 0.15) is 24.5 Å². The van der Waals surface area contributed by atoms with Gasteiger partial charge in [0.05, 0.1) is 19.3 Å². The van der Waals surface area contributed by atoms with Crippen LogP contribution in [0.1, 0.15) is 62.0 Å². The Kier molecular flexibility index (Phi) is 14.7. The first kappa shape index (κ1) is 45.5. The van der Waals surface area contributed by atoms with E-state index < -0.39 is 24.2 Å². The highest BCUT2D eigenvalue weighted by Crippen LogP contribution is 2.61. The number of hydroxylamine groups is 2. The van der Waals surface area contributed by atoms with E-state index in [0.29, 0.717) is 55.2 Å². The molecule has 3 aromatic rings. The number of nitrogens with zero attached hydrogens (tertiary/aromatic N) is 4. The maximum absolute atomic E-state index is 14.5. The highest BCUT2D eigenvalue weighted by atomic mass is 16.7. The minimum atomic E-state index is -0.912. The number of ether oxygens (including phenoxy) is 1. The summed E-state index contributed by atoms with van der Waals surface area (Å²) in [6.45, 7) is 10.1. The molecule has 12 heteroatoms. The van der Waals surface area contributed by atoms with Gasteiger partial charge in [-0.3, -0.25) is 14.4 Å². The first-order valence-corrected chi connectivity index (χ1v) is 21.7. The lowest BCUT2D eigenvalue weighted by Gasteiger charge is -2.62. The van der Waals surface area contributed by atoms with Gasteiger partial charge in [0, 0.05) is 67.6 Å². The lowest BCUT2D eigenvalue weighted by atomic mass is 9.45. The van der Waals surface area contributed by atoms with Crippen LogP contribution < -0.4 is 20.3 Å². The number of hydrogen-bond acceptors (Lipinski definition) is 10. The van der Waals surface area contributed by atoms with Gasteiger partial charge in [-0.2, -0.15) is 5.06 Å². The van der Waals surface area contributed by atoms with Crippen molar-refractivity contribution in [2.45, 2.75) is 83.8 Å². The van der Waals surface area contributed by atoms with E-state index in [4.69, 9.17) is 9.57 Å². The molecule has 1 heterocycles. The molecule has 12 nitrogen and oxygen atoms in total. The van der Waals surface area contributed by atoms with Crippen molar-refractivity contribution in [1.29, 1.82) is 0 Å². The number of aliphatic hydroxyl groups is 2. The molecular formula is C48H70N6O6. The maximum atomic E-state index is 14.5. The molecule has 4 aliphatic rings. The number of nitrogens with one attached hydrogen (secondary N) is 2. The molecule has 9 atom stereocenters. The van der Waals surface area contributed by atoms with Crippen LogP contribution in [0.5, 0.6) is 5.75 Å². The Morgan fingerprint density at radius 2 is 1.72 bits per heavy atom. The lowest BCUT2D eigenvalue weighted by molar-refractivity contribution is -0.183. The zero-order valence-electron chi connectivity index (χ0n) is 37.5. The maximum Gasteiger partial charge on any atom is 0.251 e. The number of para-hydroxylation sites is 1. The van der Waals surface area contributed by atoms with E-state index in [1.54, 1.807) is 12.0 Å². The molecule has 4 N–H and O–H groups in total. The summed E-state index contributed by atoms with van der Waals surface area (Å²) < 4.78 is 6.67. The third kappa shape index (κ3) is 10.2. The Labute approximate surface area is 358 Å². The Morgan fingerprint density at radius 3 is 2.33 bits per heavy atom. The molecule has 0 radical (unpaired) electrons. The van der Waals surface area contributed by atoms with Gasteiger partial charge in [-0.25, -0.2) is 0 Å². The van der Waals surface area contributed by atoms with E-state index in [2.05, 4.69) is 59.4 Å². The van der Waals surface area contributed by atoms with Gasteiger partial charge in [0.2, 0.25) is 5.91 Å². The average molecular weight is 827 g/mol. The zero-order chi connectivity index (χ0) is 43.5. The average Bonchev–Trinajstić information content (AvgIpc) is 3.57. The molecule has 0 spiro atoms. The summed E-state index contributed by atoms with van der Waals surface area (Å²) in [5, 5.41) is 29.9. The van der Waals surface area contributed by atoms with Gasteiger partial charge in [0.25, 0.3) is 5.91 Å². The largest absolute Gasteiger partial charge is 0.491 e. The molecule has 1 unspecified atom stereocenters. The SMILES string of the molecule is C[C@H](O)[C@@H]1[C@H](CO)ON(Cc2cccc(-c3cc(C(=O)N[C@@H](Cc4ccccc4)CN(C)C)cc(N(C)C)c3)c2OCCN(C)C)[C@@H]1C(=O)NC1C[C@@H]2C[C@H]([C@@H]1C)C2(C)C. The molecule has 2 amide bonds. The van der Waals surface area contributed by atoms with Crippen molar-refractivity contribution in [3.8, 4) is 16.9 Å². The summed E-state index contributed by atoms with van der Waals surface area (Å²) in [5.74, 6) is 1.03. The second kappa shape index (κ2) is 19.3. The Hall–Kier alpha value is -4.04. The van der Waals surface area contributed by atoms with Crippen LogP contribution in [0.25, 0.3) is 11.1 Å². The lowest BCUT2D eigenvalue weighted by Crippen LogP contribution is -2.62. The van der Waals surface area contributed by atoms with Crippen LogP contribution in [-0.4, -0.2) is 136 Å². The third-order valence-electron chi connectivity index (χ3n) is 13.5. The van der Waals surface area contributed by atoms with Crippen LogP contribution in [0.2, 0.25) is 0 Å². The van der Waals surface area contributed by atoms with Crippen LogP contribution in [0.4, 0.5) is 5.69 Å². The standard InChI is InChI=1S/C48H70N6O6/c1-30-40-25-36(48(40,3)4)26-41(30)50-47(58)44-43(31(2)56)42(29-55)60-54(44)27-33-17-14-18-39(45(33)59-20-19-51(5)6)34-22-35(24-38(23-34)53(9)10)46(57)49-37(28-52(7)8)21-32-15-12-11-13-16-32/h11-18,22-24,30-31,36-37,40-44,55-56H,19-21,25-29H2,1-10H3,(H,49,57)(H,50,58)/t30-,31-,36-,37-,40+,41?,42-,43+,44-/m0/s1. The number of anilines is 1. The van der Waals surface area contributed by atoms with Crippen LogP contribution in [0, 0.1) is 29.1 Å². The van der Waals surface area contributed by atoms with E-state index in [0.717, 1.165) is 34.4 Å². The van der Waals surface area contributed by atoms with Crippen molar-refractivity contribution in [2.24, 2.45) is 29.1 Å². The Morgan fingerprint density at radius 1 is 0.983 bits per heavy atom. The van der Waals surface area contributed by atoms with Crippen LogP contribution >= 0.6 is 0 Å². The molecular weight excluding hydrogens is 757 g/mol. The summed E-state index contributed by atoms with van der Waals surface area (Å²) >= 11 is 0. The van der Waals surface area contributed by atoms with Crippen molar-refractivity contribution >= 4 is 17.5 Å². The minimum absolute atomic E-state index is 0.0269. The number of likely N-dealkylation sites (N-methyl/N-ethyl adjacent to an activating group) is 2. The fraction of sp³-hybridized carbons (Fsp3) is 0.583. The fourth-order valence-corrected chi connectivity index (χ4v) is 10.0. The van der Waals surface area contributed by atoms with Crippen LogP contribution in [-0.2, 0) is 22.6 Å². The number of carbonyl (C=O) groups is 2. The predicted molar refractivity (Wildman–Crippen MR) is 238 cm³/mol. The second-order valence-corrected chi connectivity index (χ2v) is 19.0. The predicted octanol–water partition coefficient (Wildman–Crippen LogP) is 4.92. The molecule has 4 fully saturated rings. The molecule has 2 bridgehead atoms. The first-order chi connectivity index (χ1) is 28.5. The van der Waals surface area contributed by atoms with E-state index in [1.807, 2.05) is 95.7 Å². The molecule has 3 aromatic carbocycles. The van der Waals surface area contributed by atoms with Crippen molar-refractivity contribution < 1.29 is 29.4 Å². The summed E-state index contributed by atoms with van der Waals surface area (Å²) in [5.41, 5.74) is 5.19. The number of amides is 2. The summed E-state index contributed by atoms with van der Waals surface area (Å²) in [6, 6.07) is 21.1. The molecule has 7 rings (SSSR count). The van der Waals surface area contributed by atoms with Crippen LogP contribution in [0.3, 0.4) is 0 Å². The molecule has 60 heavy (non-hydrogen) atoms. The molecule has 0 aromatic heterocycles. The summed E-state index contributed by atoms with van der Waals surface area (Å²) in [7, 11) is 11.9. The second-order valence-electron chi connectivity index (χ2n) is 19.0. The number of fused-ring (bicyclic) bond motifs is 2. The smallest absolute Gasteiger partial charge is 0.251 e. The van der Waals surface area contributed by atoms with Gasteiger partial charge in [0.15, 0.2) is 0 Å². The molecule has 328 valence electrons. The normalized spacial score (nSPS) is 25.7. The number of carbonyl (C=O) groups excluding carboxylic acids is 2. The van der Waals surface area contributed by atoms with E-state index in [9.17, 15) is 19.8 Å². The van der Waals surface area contributed by atoms with Gasteiger partial charge < -0.3 is 40.3 Å². The topological polar surface area (TPSA) is 130 Å². The third-order valence-corrected chi connectivity index (χ3v) is 13.5. The number of aliphatic hydroxyl groups excluding tert-OH is 2.